The highest BCUT2D eigenvalue weighted by Crippen LogP contribution is 2.45. The molecule has 10 atom stereocenters. The molecule has 0 spiro atoms. The first-order valence-electron chi connectivity index (χ1n) is 23.5. The van der Waals surface area contributed by atoms with Crippen molar-refractivity contribution in [2.24, 2.45) is 11.8 Å². The third-order valence-electron chi connectivity index (χ3n) is 12.2. The molecule has 1 aliphatic heterocycles. The molecule has 2 unspecified atom stereocenters. The van der Waals surface area contributed by atoms with Crippen molar-refractivity contribution in [3.8, 4) is 0 Å². The predicted molar refractivity (Wildman–Crippen MR) is 225 cm³/mol. The molecule has 10 heteroatoms. The summed E-state index contributed by atoms with van der Waals surface area (Å²) in [4.78, 5) is 13.0. The van der Waals surface area contributed by atoms with Gasteiger partial charge in [0.15, 0.2) is 6.29 Å². The van der Waals surface area contributed by atoms with Gasteiger partial charge in [-0.05, 0) is 43.9 Å². The Hall–Kier alpha value is -1.11. The molecule has 0 radical (unpaired) electrons. The normalized spacial score (nSPS) is 25.4. The van der Waals surface area contributed by atoms with Crippen molar-refractivity contribution in [2.75, 3.05) is 13.2 Å². The van der Waals surface area contributed by atoms with E-state index < -0.39 is 55.6 Å². The number of aliphatic hydroxyl groups excluding tert-OH is 6. The van der Waals surface area contributed by atoms with Crippen LogP contribution in [0.15, 0.2) is 12.2 Å². The Morgan fingerprint density at radius 3 is 1.73 bits per heavy atom. The molecule has 7 N–H and O–H groups in total. The van der Waals surface area contributed by atoms with Gasteiger partial charge in [0.2, 0.25) is 5.91 Å². The lowest BCUT2D eigenvalue weighted by Gasteiger charge is -2.40. The molecule has 2 fully saturated rings. The van der Waals surface area contributed by atoms with Gasteiger partial charge in [0.05, 0.1) is 25.4 Å². The summed E-state index contributed by atoms with van der Waals surface area (Å²) in [5, 5.41) is 65.1. The third kappa shape index (κ3) is 22.9. The van der Waals surface area contributed by atoms with E-state index in [1.165, 1.54) is 128 Å². The molecule has 1 saturated heterocycles. The summed E-state index contributed by atoms with van der Waals surface area (Å²) in [6.07, 6.45) is 28.5. The number of hydrogen-bond donors (Lipinski definition) is 7. The van der Waals surface area contributed by atoms with Crippen LogP contribution in [0.2, 0.25) is 0 Å². The molecule has 0 aromatic carbocycles. The van der Waals surface area contributed by atoms with E-state index in [4.69, 9.17) is 9.47 Å². The summed E-state index contributed by atoms with van der Waals surface area (Å²) in [6, 6.07) is -1.01. The fourth-order valence-corrected chi connectivity index (χ4v) is 8.22. The Kier molecular flexibility index (Phi) is 29.8. The van der Waals surface area contributed by atoms with Crippen molar-refractivity contribution in [1.29, 1.82) is 0 Å². The monoisotopic (exact) mass is 798 g/mol. The van der Waals surface area contributed by atoms with Crippen LogP contribution in [0.5, 0.6) is 0 Å². The van der Waals surface area contributed by atoms with Gasteiger partial charge in [0.1, 0.15) is 30.5 Å². The van der Waals surface area contributed by atoms with E-state index >= 15 is 0 Å². The average molecular weight is 798 g/mol. The summed E-state index contributed by atoms with van der Waals surface area (Å²) < 4.78 is 11.1. The fraction of sp³-hybridized carbons (Fsp3) is 0.935. The predicted octanol–water partition coefficient (Wildman–Crippen LogP) is 8.16. The standard InChI is InChI=1S/C46H87NO9/c1-3-5-7-9-11-13-14-15-16-18-23-27-31-39(49)42(51)38(35-55-46-45(54)44(53)43(52)40(34-48)56-46)47-41(50)32-28-24-20-19-22-26-30-37-33-36(37)29-25-21-17-12-10-8-6-4-2/h20,24,36-40,42-46,48-49,51-54H,3-19,21-23,25-35H2,1-2H3,(H,47,50)/b24-20-/t36?,37?,38-,39+,40+,42-,43-,44-,45+,46-/m0/s1. The lowest BCUT2D eigenvalue weighted by atomic mass is 9.98. The van der Waals surface area contributed by atoms with Gasteiger partial charge in [-0.2, -0.15) is 0 Å². The number of nitrogens with one attached hydrogen (secondary N) is 1. The van der Waals surface area contributed by atoms with Gasteiger partial charge in [-0.1, -0.05) is 174 Å². The number of hydrogen-bond acceptors (Lipinski definition) is 9. The lowest BCUT2D eigenvalue weighted by molar-refractivity contribution is -0.303. The van der Waals surface area contributed by atoms with Crippen molar-refractivity contribution < 1.29 is 44.9 Å². The van der Waals surface area contributed by atoms with E-state index in [1.807, 2.05) is 6.08 Å². The van der Waals surface area contributed by atoms with Crippen molar-refractivity contribution in [3.63, 3.8) is 0 Å². The summed E-state index contributed by atoms with van der Waals surface area (Å²) in [5.41, 5.74) is 0. The second-order valence-electron chi connectivity index (χ2n) is 17.3. The molecule has 1 saturated carbocycles. The maximum absolute atomic E-state index is 13.0. The number of carbonyl (C=O) groups excluding carboxylic acids is 1. The second kappa shape index (κ2) is 32.7. The number of aliphatic hydroxyl groups is 6. The van der Waals surface area contributed by atoms with Crippen LogP contribution in [0.4, 0.5) is 0 Å². The number of rotatable bonds is 37. The van der Waals surface area contributed by atoms with Crippen molar-refractivity contribution >= 4 is 5.91 Å². The highest BCUT2D eigenvalue weighted by atomic mass is 16.7. The van der Waals surface area contributed by atoms with Gasteiger partial charge in [-0.15, -0.1) is 0 Å². The SMILES string of the molecule is CCCCCCCCCCCCCC[C@@H](O)[C@@H](O)[C@H](CO[C@H]1O[C@H](CO)[C@H](O)[C@H](O)[C@H]1O)NC(=O)CC/C=C\CCCCC1CC1CCCCCCCCCC. The zero-order valence-corrected chi connectivity index (χ0v) is 35.8. The molecule has 1 heterocycles. The van der Waals surface area contributed by atoms with Crippen LogP contribution in [-0.2, 0) is 14.3 Å². The largest absolute Gasteiger partial charge is 0.394 e. The van der Waals surface area contributed by atoms with Crippen molar-refractivity contribution in [2.45, 2.75) is 249 Å². The topological polar surface area (TPSA) is 169 Å². The number of unbranched alkanes of at least 4 members (excludes halogenated alkanes) is 20. The van der Waals surface area contributed by atoms with E-state index in [1.54, 1.807) is 0 Å². The molecule has 10 nitrogen and oxygen atoms in total. The molecular formula is C46H87NO9. The zero-order chi connectivity index (χ0) is 40.8. The smallest absolute Gasteiger partial charge is 0.220 e. The van der Waals surface area contributed by atoms with Crippen LogP contribution < -0.4 is 5.32 Å². The number of amides is 1. The van der Waals surface area contributed by atoms with Crippen LogP contribution in [0.3, 0.4) is 0 Å². The molecule has 2 rings (SSSR count). The summed E-state index contributed by atoms with van der Waals surface area (Å²) in [5.74, 6) is 1.60. The number of carbonyl (C=O) groups is 1. The van der Waals surface area contributed by atoms with Crippen molar-refractivity contribution in [1.82, 2.24) is 5.32 Å². The van der Waals surface area contributed by atoms with Gasteiger partial charge in [-0.3, -0.25) is 4.79 Å². The highest BCUT2D eigenvalue weighted by molar-refractivity contribution is 5.76. The summed E-state index contributed by atoms with van der Waals surface area (Å²) in [7, 11) is 0. The lowest BCUT2D eigenvalue weighted by Crippen LogP contribution is -2.60. The first-order valence-corrected chi connectivity index (χ1v) is 23.5. The minimum absolute atomic E-state index is 0.205. The van der Waals surface area contributed by atoms with Crippen LogP contribution in [-0.4, -0.2) is 98.7 Å². The van der Waals surface area contributed by atoms with Crippen molar-refractivity contribution in [3.05, 3.63) is 12.2 Å². The second-order valence-corrected chi connectivity index (χ2v) is 17.3. The molecular weight excluding hydrogens is 711 g/mol. The fourth-order valence-electron chi connectivity index (χ4n) is 8.22. The third-order valence-corrected chi connectivity index (χ3v) is 12.2. The maximum Gasteiger partial charge on any atom is 0.220 e. The van der Waals surface area contributed by atoms with Crippen LogP contribution in [0.1, 0.15) is 200 Å². The van der Waals surface area contributed by atoms with E-state index in [9.17, 15) is 35.4 Å². The minimum atomic E-state index is -1.61. The molecule has 0 aromatic rings. The first-order chi connectivity index (χ1) is 27.2. The molecule has 1 amide bonds. The number of ether oxygens (including phenoxy) is 2. The van der Waals surface area contributed by atoms with Gasteiger partial charge in [-0.25, -0.2) is 0 Å². The average Bonchev–Trinajstić information content (AvgIpc) is 3.95. The van der Waals surface area contributed by atoms with Crippen LogP contribution >= 0.6 is 0 Å². The van der Waals surface area contributed by atoms with Gasteiger partial charge >= 0.3 is 0 Å². The molecule has 330 valence electrons. The quantitative estimate of drug-likeness (QED) is 0.0242. The minimum Gasteiger partial charge on any atom is -0.394 e. The van der Waals surface area contributed by atoms with Crippen LogP contribution in [0, 0.1) is 11.8 Å². The summed E-state index contributed by atoms with van der Waals surface area (Å²) in [6.45, 7) is 3.59. The Balaban J connectivity index is 1.68. The highest BCUT2D eigenvalue weighted by Gasteiger charge is 2.44. The van der Waals surface area contributed by atoms with E-state index in [0.29, 0.717) is 12.8 Å². The Labute approximate surface area is 341 Å². The molecule has 56 heavy (non-hydrogen) atoms. The maximum atomic E-state index is 13.0. The Morgan fingerprint density at radius 1 is 0.679 bits per heavy atom. The zero-order valence-electron chi connectivity index (χ0n) is 35.8. The first kappa shape index (κ1) is 51.0. The van der Waals surface area contributed by atoms with E-state index in [2.05, 4.69) is 25.2 Å². The summed E-state index contributed by atoms with van der Waals surface area (Å²) >= 11 is 0. The van der Waals surface area contributed by atoms with Gasteiger partial charge < -0.3 is 45.4 Å². The number of allylic oxidation sites excluding steroid dienone is 2. The van der Waals surface area contributed by atoms with Gasteiger partial charge in [0, 0.05) is 6.42 Å². The molecule has 1 aliphatic carbocycles. The Morgan fingerprint density at radius 2 is 1.18 bits per heavy atom. The van der Waals surface area contributed by atoms with Crippen LogP contribution in [0.25, 0.3) is 0 Å². The molecule has 0 aromatic heterocycles. The molecule has 2 aliphatic rings. The Bertz CT molecular complexity index is 967. The molecule has 0 bridgehead atoms. The van der Waals surface area contributed by atoms with Gasteiger partial charge in [0.25, 0.3) is 0 Å². The van der Waals surface area contributed by atoms with E-state index in [-0.39, 0.29) is 18.9 Å². The van der Waals surface area contributed by atoms with E-state index in [0.717, 1.165) is 50.4 Å².